The van der Waals surface area contributed by atoms with Gasteiger partial charge in [0.1, 0.15) is 10.6 Å². The number of nitrogens with zero attached hydrogens (tertiary/aromatic N) is 1. The lowest BCUT2D eigenvalue weighted by Gasteiger charge is -2.06. The van der Waals surface area contributed by atoms with Crippen LogP contribution in [0.5, 0.6) is 0 Å². The molecule has 0 aromatic carbocycles. The van der Waals surface area contributed by atoms with Crippen molar-refractivity contribution in [2.45, 2.75) is 17.9 Å². The van der Waals surface area contributed by atoms with E-state index in [0.29, 0.717) is 0 Å². The molecule has 1 aromatic rings. The lowest BCUT2D eigenvalue weighted by Crippen LogP contribution is -2.30. The first-order valence-corrected chi connectivity index (χ1v) is 6.36. The zero-order chi connectivity index (χ0) is 13.2. The van der Waals surface area contributed by atoms with E-state index in [9.17, 15) is 13.2 Å². The van der Waals surface area contributed by atoms with Crippen LogP contribution in [0.4, 0.5) is 0 Å². The van der Waals surface area contributed by atoms with E-state index in [2.05, 4.69) is 4.72 Å². The average molecular weight is 261 g/mol. The standard InChI is InChI=1S/C9H15N3O4S/c1-6(13)4-11-17(15,16)7-3-8(9(10)14)12(2)5-7/h3,5-6,11,13H,4H2,1-2H3,(H2,10,14)/t6-/m1/s1. The molecule has 96 valence electrons. The van der Waals surface area contributed by atoms with Crippen LogP contribution in [0.25, 0.3) is 0 Å². The fourth-order valence-corrected chi connectivity index (χ4v) is 2.43. The summed E-state index contributed by atoms with van der Waals surface area (Å²) in [5.41, 5.74) is 5.18. The quantitative estimate of drug-likeness (QED) is 0.616. The zero-order valence-corrected chi connectivity index (χ0v) is 10.4. The minimum Gasteiger partial charge on any atom is -0.392 e. The fourth-order valence-electron chi connectivity index (χ4n) is 1.24. The largest absolute Gasteiger partial charge is 0.392 e. The number of carbonyl (C=O) groups excluding carboxylic acids is 1. The molecule has 0 saturated heterocycles. The monoisotopic (exact) mass is 261 g/mol. The number of aliphatic hydroxyl groups is 1. The van der Waals surface area contributed by atoms with Crippen LogP contribution < -0.4 is 10.5 Å². The summed E-state index contributed by atoms with van der Waals surface area (Å²) < 4.78 is 27.0. The summed E-state index contributed by atoms with van der Waals surface area (Å²) in [5, 5.41) is 9.00. The van der Waals surface area contributed by atoms with Crippen molar-refractivity contribution in [3.05, 3.63) is 18.0 Å². The van der Waals surface area contributed by atoms with Crippen molar-refractivity contribution in [2.24, 2.45) is 12.8 Å². The van der Waals surface area contributed by atoms with Crippen LogP contribution in [0, 0.1) is 0 Å². The summed E-state index contributed by atoms with van der Waals surface area (Å²) in [6, 6.07) is 1.19. The molecular weight excluding hydrogens is 246 g/mol. The number of sulfonamides is 1. The van der Waals surface area contributed by atoms with Gasteiger partial charge in [0.2, 0.25) is 10.0 Å². The third-order valence-corrected chi connectivity index (χ3v) is 3.50. The minimum atomic E-state index is -3.73. The first kappa shape index (κ1) is 13.7. The highest BCUT2D eigenvalue weighted by atomic mass is 32.2. The van der Waals surface area contributed by atoms with Crippen molar-refractivity contribution in [3.8, 4) is 0 Å². The second-order valence-electron chi connectivity index (χ2n) is 3.74. The Bertz CT molecular complexity index is 518. The first-order valence-electron chi connectivity index (χ1n) is 4.88. The Morgan fingerprint density at radius 2 is 2.24 bits per heavy atom. The van der Waals surface area contributed by atoms with Gasteiger partial charge in [-0.15, -0.1) is 0 Å². The van der Waals surface area contributed by atoms with Gasteiger partial charge in [0.15, 0.2) is 0 Å². The van der Waals surface area contributed by atoms with E-state index in [-0.39, 0.29) is 17.1 Å². The average Bonchev–Trinajstić information content (AvgIpc) is 2.58. The maximum Gasteiger partial charge on any atom is 0.265 e. The Morgan fingerprint density at radius 1 is 1.65 bits per heavy atom. The van der Waals surface area contributed by atoms with Crippen LogP contribution in [-0.4, -0.2) is 36.6 Å². The Morgan fingerprint density at radius 3 is 2.65 bits per heavy atom. The number of aromatic nitrogens is 1. The molecule has 0 aliphatic carbocycles. The molecule has 0 fully saturated rings. The third kappa shape index (κ3) is 3.29. The molecule has 17 heavy (non-hydrogen) atoms. The van der Waals surface area contributed by atoms with Crippen molar-refractivity contribution >= 4 is 15.9 Å². The second-order valence-corrected chi connectivity index (χ2v) is 5.50. The van der Waals surface area contributed by atoms with E-state index in [1.165, 1.54) is 30.8 Å². The van der Waals surface area contributed by atoms with Gasteiger partial charge in [-0.2, -0.15) is 0 Å². The highest BCUT2D eigenvalue weighted by molar-refractivity contribution is 7.89. The van der Waals surface area contributed by atoms with Gasteiger partial charge in [-0.05, 0) is 13.0 Å². The third-order valence-electron chi connectivity index (χ3n) is 2.11. The van der Waals surface area contributed by atoms with Crippen LogP contribution in [0.2, 0.25) is 0 Å². The molecule has 1 aromatic heterocycles. The molecule has 4 N–H and O–H groups in total. The molecule has 1 atom stereocenters. The van der Waals surface area contributed by atoms with E-state index in [1.54, 1.807) is 0 Å². The topological polar surface area (TPSA) is 114 Å². The van der Waals surface area contributed by atoms with E-state index in [1.807, 2.05) is 0 Å². The van der Waals surface area contributed by atoms with Crippen molar-refractivity contribution in [3.63, 3.8) is 0 Å². The SMILES string of the molecule is C[C@@H](O)CNS(=O)(=O)c1cc(C(N)=O)n(C)c1. The van der Waals surface area contributed by atoms with Crippen molar-refractivity contribution in [2.75, 3.05) is 6.54 Å². The number of hydrogen-bond donors (Lipinski definition) is 3. The summed E-state index contributed by atoms with van der Waals surface area (Å²) in [4.78, 5) is 10.9. The first-order chi connectivity index (χ1) is 7.74. The van der Waals surface area contributed by atoms with Gasteiger partial charge in [-0.25, -0.2) is 13.1 Å². The van der Waals surface area contributed by atoms with Gasteiger partial charge in [0, 0.05) is 19.8 Å². The Hall–Kier alpha value is -1.38. The number of amides is 1. The predicted octanol–water partition coefficient (Wildman–Crippen LogP) is -1.22. The van der Waals surface area contributed by atoms with Crippen molar-refractivity contribution in [1.29, 1.82) is 0 Å². The molecule has 0 unspecified atom stereocenters. The molecule has 0 aliphatic rings. The molecule has 1 heterocycles. The number of primary amides is 1. The van der Waals surface area contributed by atoms with Crippen molar-refractivity contribution < 1.29 is 18.3 Å². The van der Waals surface area contributed by atoms with Crippen LogP contribution in [0.3, 0.4) is 0 Å². The highest BCUT2D eigenvalue weighted by Gasteiger charge is 2.19. The lowest BCUT2D eigenvalue weighted by molar-refractivity contribution is 0.0992. The Balaban J connectivity index is 3.00. The molecule has 0 saturated carbocycles. The molecule has 0 radical (unpaired) electrons. The van der Waals surface area contributed by atoms with E-state index in [4.69, 9.17) is 10.8 Å². The predicted molar refractivity (Wildman–Crippen MR) is 60.8 cm³/mol. The number of rotatable bonds is 5. The molecule has 0 spiro atoms. The van der Waals surface area contributed by atoms with E-state index in [0.717, 1.165) is 0 Å². The molecule has 7 nitrogen and oxygen atoms in total. The molecule has 0 aliphatic heterocycles. The van der Waals surface area contributed by atoms with Gasteiger partial charge in [-0.1, -0.05) is 0 Å². The van der Waals surface area contributed by atoms with Gasteiger partial charge < -0.3 is 15.4 Å². The number of nitrogens with one attached hydrogen (secondary N) is 1. The number of carbonyl (C=O) groups is 1. The normalized spacial score (nSPS) is 13.6. The maximum atomic E-state index is 11.7. The highest BCUT2D eigenvalue weighted by Crippen LogP contribution is 2.12. The second kappa shape index (κ2) is 4.86. The van der Waals surface area contributed by atoms with Gasteiger partial charge in [-0.3, -0.25) is 4.79 Å². The summed E-state index contributed by atoms with van der Waals surface area (Å²) in [6.45, 7) is 1.37. The summed E-state index contributed by atoms with van der Waals surface area (Å²) in [7, 11) is -2.21. The molecule has 8 heteroatoms. The molecule has 1 amide bonds. The fraction of sp³-hybridized carbons (Fsp3) is 0.444. The Kier molecular flexibility index (Phi) is 3.91. The van der Waals surface area contributed by atoms with Crippen LogP contribution in [0.15, 0.2) is 17.2 Å². The summed E-state index contributed by atoms with van der Waals surface area (Å²) >= 11 is 0. The van der Waals surface area contributed by atoms with Gasteiger partial charge in [0.25, 0.3) is 5.91 Å². The van der Waals surface area contributed by atoms with E-state index < -0.39 is 22.0 Å². The summed E-state index contributed by atoms with van der Waals surface area (Å²) in [6.07, 6.45) is 0.494. The molecule has 1 rings (SSSR count). The minimum absolute atomic E-state index is 0.0607. The van der Waals surface area contributed by atoms with Crippen LogP contribution >= 0.6 is 0 Å². The van der Waals surface area contributed by atoms with Crippen LogP contribution in [0.1, 0.15) is 17.4 Å². The number of hydrogen-bond acceptors (Lipinski definition) is 4. The number of aryl methyl sites for hydroxylation is 1. The molecular formula is C9H15N3O4S. The smallest absolute Gasteiger partial charge is 0.265 e. The summed E-state index contributed by atoms with van der Waals surface area (Å²) in [5.74, 6) is -0.704. The zero-order valence-electron chi connectivity index (χ0n) is 9.54. The molecule has 0 bridgehead atoms. The number of nitrogens with two attached hydrogens (primary N) is 1. The van der Waals surface area contributed by atoms with Gasteiger partial charge >= 0.3 is 0 Å². The number of aliphatic hydroxyl groups excluding tert-OH is 1. The van der Waals surface area contributed by atoms with Gasteiger partial charge in [0.05, 0.1) is 6.10 Å². The lowest BCUT2D eigenvalue weighted by atomic mass is 10.4. The van der Waals surface area contributed by atoms with Crippen LogP contribution in [-0.2, 0) is 17.1 Å². The maximum absolute atomic E-state index is 11.7. The Labute approximate surface area is 99.3 Å². The van der Waals surface area contributed by atoms with E-state index >= 15 is 0 Å². The van der Waals surface area contributed by atoms with Crippen molar-refractivity contribution in [1.82, 2.24) is 9.29 Å².